The lowest BCUT2D eigenvalue weighted by Crippen LogP contribution is -2.40. The first-order valence-corrected chi connectivity index (χ1v) is 9.01. The fourth-order valence-electron chi connectivity index (χ4n) is 2.85. The Labute approximate surface area is 135 Å². The lowest BCUT2D eigenvalue weighted by Gasteiger charge is -2.26. The number of pyridine rings is 1. The predicted octanol–water partition coefficient (Wildman–Crippen LogP) is -0.586. The van der Waals surface area contributed by atoms with Gasteiger partial charge in [0.05, 0.1) is 19.1 Å². The highest BCUT2D eigenvalue weighted by Gasteiger charge is 2.29. The molecule has 0 aromatic carbocycles. The summed E-state index contributed by atoms with van der Waals surface area (Å²) in [5, 5.41) is 0. The zero-order valence-electron chi connectivity index (χ0n) is 12.7. The van der Waals surface area contributed by atoms with Crippen molar-refractivity contribution in [3.05, 3.63) is 18.3 Å². The molecule has 126 valence electrons. The van der Waals surface area contributed by atoms with Gasteiger partial charge in [0.15, 0.2) is 0 Å². The number of anilines is 1. The molecule has 0 spiro atoms. The van der Waals surface area contributed by atoms with E-state index in [0.717, 1.165) is 0 Å². The van der Waals surface area contributed by atoms with E-state index >= 15 is 0 Å². The zero-order valence-corrected chi connectivity index (χ0v) is 13.5. The van der Waals surface area contributed by atoms with Gasteiger partial charge < -0.3 is 15.4 Å². The Morgan fingerprint density at radius 2 is 2.00 bits per heavy atom. The molecule has 8 nitrogen and oxygen atoms in total. The molecule has 1 atom stereocenters. The van der Waals surface area contributed by atoms with Crippen molar-refractivity contribution in [1.82, 2.24) is 9.29 Å². The standard InChI is InChI=1S/C14H20N4O4S/c15-14(19)11-3-4-17(10-11)13-2-1-12(9-16-13)23(20,21)18-5-7-22-8-6-18/h1-2,9,11H,3-8,10H2,(H2,15,19)/t11-/m0/s1. The maximum Gasteiger partial charge on any atom is 0.244 e. The van der Waals surface area contributed by atoms with Crippen LogP contribution in [0.25, 0.3) is 0 Å². The molecule has 2 aliphatic rings. The van der Waals surface area contributed by atoms with Gasteiger partial charge in [-0.1, -0.05) is 0 Å². The Morgan fingerprint density at radius 1 is 1.26 bits per heavy atom. The molecular formula is C14H20N4O4S. The van der Waals surface area contributed by atoms with Crippen LogP contribution in [0.4, 0.5) is 5.82 Å². The third-order valence-corrected chi connectivity index (χ3v) is 6.13. The number of nitrogens with zero attached hydrogens (tertiary/aromatic N) is 3. The number of rotatable bonds is 4. The van der Waals surface area contributed by atoms with Crippen LogP contribution in [0.5, 0.6) is 0 Å². The number of morpholine rings is 1. The number of carbonyl (C=O) groups excluding carboxylic acids is 1. The van der Waals surface area contributed by atoms with Gasteiger partial charge >= 0.3 is 0 Å². The normalized spacial score (nSPS) is 23.1. The molecule has 1 aromatic heterocycles. The first-order chi connectivity index (χ1) is 11.0. The number of ether oxygens (including phenoxy) is 1. The van der Waals surface area contributed by atoms with E-state index in [-0.39, 0.29) is 16.7 Å². The Bertz CT molecular complexity index is 671. The number of sulfonamides is 1. The fraction of sp³-hybridized carbons (Fsp3) is 0.571. The van der Waals surface area contributed by atoms with Gasteiger partial charge in [-0.05, 0) is 18.6 Å². The smallest absolute Gasteiger partial charge is 0.244 e. The van der Waals surface area contributed by atoms with Gasteiger partial charge in [0.25, 0.3) is 0 Å². The molecular weight excluding hydrogens is 320 g/mol. The zero-order chi connectivity index (χ0) is 16.4. The quantitative estimate of drug-likeness (QED) is 0.786. The molecule has 2 saturated heterocycles. The summed E-state index contributed by atoms with van der Waals surface area (Å²) in [6, 6.07) is 3.24. The van der Waals surface area contributed by atoms with Crippen LogP contribution < -0.4 is 10.6 Å². The highest BCUT2D eigenvalue weighted by Crippen LogP contribution is 2.24. The van der Waals surface area contributed by atoms with Crippen molar-refractivity contribution >= 4 is 21.7 Å². The van der Waals surface area contributed by atoms with Crippen molar-refractivity contribution in [3.63, 3.8) is 0 Å². The predicted molar refractivity (Wildman–Crippen MR) is 83.3 cm³/mol. The maximum atomic E-state index is 12.5. The third-order valence-electron chi connectivity index (χ3n) is 4.24. The molecule has 2 fully saturated rings. The van der Waals surface area contributed by atoms with E-state index in [1.807, 2.05) is 4.90 Å². The molecule has 0 saturated carbocycles. The molecule has 1 amide bonds. The summed E-state index contributed by atoms with van der Waals surface area (Å²) in [5.41, 5.74) is 5.32. The summed E-state index contributed by atoms with van der Waals surface area (Å²) in [6.07, 6.45) is 2.07. The minimum absolute atomic E-state index is 0.173. The molecule has 3 heterocycles. The lowest BCUT2D eigenvalue weighted by molar-refractivity contribution is -0.121. The molecule has 2 N–H and O–H groups in total. The third kappa shape index (κ3) is 3.31. The summed E-state index contributed by atoms with van der Waals surface area (Å²) >= 11 is 0. The monoisotopic (exact) mass is 340 g/mol. The summed E-state index contributed by atoms with van der Waals surface area (Å²) < 4.78 is 31.6. The summed E-state index contributed by atoms with van der Waals surface area (Å²) in [6.45, 7) is 2.75. The van der Waals surface area contributed by atoms with E-state index in [1.165, 1.54) is 10.5 Å². The maximum absolute atomic E-state index is 12.5. The highest BCUT2D eigenvalue weighted by molar-refractivity contribution is 7.89. The van der Waals surface area contributed by atoms with Crippen molar-refractivity contribution in [3.8, 4) is 0 Å². The molecule has 1 aromatic rings. The molecule has 9 heteroatoms. The van der Waals surface area contributed by atoms with Gasteiger partial charge in [0.1, 0.15) is 10.7 Å². The van der Waals surface area contributed by atoms with Gasteiger partial charge in [-0.3, -0.25) is 4.79 Å². The molecule has 0 aliphatic carbocycles. The minimum atomic E-state index is -3.53. The van der Waals surface area contributed by atoms with Crippen molar-refractivity contribution in [2.24, 2.45) is 11.7 Å². The summed E-state index contributed by atoms with van der Waals surface area (Å²) in [7, 11) is -3.53. The molecule has 2 aliphatic heterocycles. The minimum Gasteiger partial charge on any atom is -0.379 e. The van der Waals surface area contributed by atoms with Crippen molar-refractivity contribution < 1.29 is 17.9 Å². The van der Waals surface area contributed by atoms with Crippen LogP contribution in [-0.4, -0.2) is 63.0 Å². The van der Waals surface area contributed by atoms with Gasteiger partial charge in [-0.15, -0.1) is 0 Å². The number of amides is 1. The summed E-state index contributed by atoms with van der Waals surface area (Å²) in [4.78, 5) is 17.6. The lowest BCUT2D eigenvalue weighted by atomic mass is 10.1. The van der Waals surface area contributed by atoms with Crippen LogP contribution in [0.1, 0.15) is 6.42 Å². The van der Waals surface area contributed by atoms with E-state index < -0.39 is 10.0 Å². The number of carbonyl (C=O) groups is 1. The molecule has 3 rings (SSSR count). The van der Waals surface area contributed by atoms with Gasteiger partial charge in [0.2, 0.25) is 15.9 Å². The van der Waals surface area contributed by atoms with E-state index in [0.29, 0.717) is 51.6 Å². The second kappa shape index (κ2) is 6.42. The Kier molecular flexibility index (Phi) is 4.51. The van der Waals surface area contributed by atoms with Crippen LogP contribution in [0.3, 0.4) is 0 Å². The van der Waals surface area contributed by atoms with Crippen LogP contribution in [0, 0.1) is 5.92 Å². The molecule has 0 unspecified atom stereocenters. The average Bonchev–Trinajstić information content (AvgIpc) is 3.06. The highest BCUT2D eigenvalue weighted by atomic mass is 32.2. The van der Waals surface area contributed by atoms with Gasteiger partial charge in [-0.25, -0.2) is 13.4 Å². The van der Waals surface area contributed by atoms with Crippen molar-refractivity contribution in [2.75, 3.05) is 44.3 Å². The number of primary amides is 1. The molecule has 0 bridgehead atoms. The Hall–Kier alpha value is -1.71. The second-order valence-electron chi connectivity index (χ2n) is 5.70. The number of hydrogen-bond acceptors (Lipinski definition) is 6. The van der Waals surface area contributed by atoms with E-state index in [4.69, 9.17) is 10.5 Å². The number of aromatic nitrogens is 1. The summed E-state index contributed by atoms with van der Waals surface area (Å²) in [5.74, 6) is 0.183. The number of hydrogen-bond donors (Lipinski definition) is 1. The van der Waals surface area contributed by atoms with E-state index in [1.54, 1.807) is 12.1 Å². The fourth-order valence-corrected chi connectivity index (χ4v) is 4.20. The van der Waals surface area contributed by atoms with Crippen molar-refractivity contribution in [2.45, 2.75) is 11.3 Å². The topological polar surface area (TPSA) is 106 Å². The Balaban J connectivity index is 1.73. The van der Waals surface area contributed by atoms with Crippen LogP contribution >= 0.6 is 0 Å². The number of nitrogens with two attached hydrogens (primary N) is 1. The van der Waals surface area contributed by atoms with E-state index in [2.05, 4.69) is 4.98 Å². The second-order valence-corrected chi connectivity index (χ2v) is 7.64. The Morgan fingerprint density at radius 3 is 2.57 bits per heavy atom. The van der Waals surface area contributed by atoms with Gasteiger partial charge in [-0.2, -0.15) is 4.31 Å². The van der Waals surface area contributed by atoms with Crippen LogP contribution in [0.2, 0.25) is 0 Å². The van der Waals surface area contributed by atoms with Crippen LogP contribution in [0.15, 0.2) is 23.2 Å². The first-order valence-electron chi connectivity index (χ1n) is 7.57. The van der Waals surface area contributed by atoms with Crippen molar-refractivity contribution in [1.29, 1.82) is 0 Å². The molecule has 23 heavy (non-hydrogen) atoms. The van der Waals surface area contributed by atoms with Crippen LogP contribution in [-0.2, 0) is 19.6 Å². The molecule has 0 radical (unpaired) electrons. The first kappa shape index (κ1) is 16.2. The average molecular weight is 340 g/mol. The largest absolute Gasteiger partial charge is 0.379 e. The van der Waals surface area contributed by atoms with Gasteiger partial charge in [0, 0.05) is 32.4 Å². The van der Waals surface area contributed by atoms with E-state index in [9.17, 15) is 13.2 Å². The SMILES string of the molecule is NC(=O)[C@H]1CCN(c2ccc(S(=O)(=O)N3CCOCC3)cn2)C1.